The Balaban J connectivity index is 3.15. The van der Waals surface area contributed by atoms with Crippen LogP contribution in [0.2, 0.25) is 0 Å². The Labute approximate surface area is 79.9 Å². The van der Waals surface area contributed by atoms with Crippen molar-refractivity contribution >= 4 is 28.6 Å². The van der Waals surface area contributed by atoms with Gasteiger partial charge in [-0.25, -0.2) is 0 Å². The maximum atomic E-state index is 5.25. The van der Waals surface area contributed by atoms with Crippen LogP contribution in [0.3, 0.4) is 0 Å². The van der Waals surface area contributed by atoms with E-state index in [0.717, 1.165) is 5.69 Å². The SMILES string of the molecule is C#Cc1nn(C)cc1N(C)I. The standard InChI is InChI=1S/C7H8IN3/c1-4-6-7(11(3)8)5-10(2)9-6/h1,5H,2-3H3. The summed E-state index contributed by atoms with van der Waals surface area (Å²) in [6.07, 6.45) is 7.14. The molecule has 1 rings (SSSR count). The van der Waals surface area contributed by atoms with Gasteiger partial charge in [0.2, 0.25) is 0 Å². The highest BCUT2D eigenvalue weighted by Crippen LogP contribution is 2.19. The van der Waals surface area contributed by atoms with Crippen LogP contribution in [0.4, 0.5) is 5.69 Å². The Kier molecular flexibility index (Phi) is 2.39. The van der Waals surface area contributed by atoms with Gasteiger partial charge in [-0.1, -0.05) is 0 Å². The van der Waals surface area contributed by atoms with E-state index in [-0.39, 0.29) is 0 Å². The van der Waals surface area contributed by atoms with Crippen LogP contribution in [0.25, 0.3) is 0 Å². The average molecular weight is 261 g/mol. The molecule has 0 aromatic carbocycles. The first-order chi connectivity index (χ1) is 5.15. The Hall–Kier alpha value is -0.700. The van der Waals surface area contributed by atoms with Crippen molar-refractivity contribution in [3.8, 4) is 12.3 Å². The van der Waals surface area contributed by atoms with Gasteiger partial charge in [0.1, 0.15) is 0 Å². The molecular formula is C7H8IN3. The van der Waals surface area contributed by atoms with Crippen LogP contribution in [-0.2, 0) is 7.05 Å². The Morgan fingerprint density at radius 1 is 1.82 bits per heavy atom. The number of aryl methyl sites for hydroxylation is 1. The summed E-state index contributed by atoms with van der Waals surface area (Å²) in [7, 11) is 3.78. The summed E-state index contributed by atoms with van der Waals surface area (Å²) < 4.78 is 3.62. The minimum atomic E-state index is 0.685. The monoisotopic (exact) mass is 261 g/mol. The first-order valence-electron chi connectivity index (χ1n) is 3.05. The van der Waals surface area contributed by atoms with E-state index < -0.39 is 0 Å². The number of rotatable bonds is 1. The maximum Gasteiger partial charge on any atom is 0.159 e. The first kappa shape index (κ1) is 8.40. The minimum Gasteiger partial charge on any atom is -0.314 e. The highest BCUT2D eigenvalue weighted by atomic mass is 127. The van der Waals surface area contributed by atoms with E-state index in [9.17, 15) is 0 Å². The average Bonchev–Trinajstić information content (AvgIpc) is 2.30. The van der Waals surface area contributed by atoms with Crippen molar-refractivity contribution in [1.29, 1.82) is 0 Å². The van der Waals surface area contributed by atoms with Gasteiger partial charge in [-0.3, -0.25) is 4.68 Å². The third-order valence-corrected chi connectivity index (χ3v) is 1.80. The van der Waals surface area contributed by atoms with Crippen molar-refractivity contribution < 1.29 is 0 Å². The van der Waals surface area contributed by atoms with Crippen LogP contribution in [-0.4, -0.2) is 16.8 Å². The second kappa shape index (κ2) is 3.13. The van der Waals surface area contributed by atoms with E-state index >= 15 is 0 Å². The predicted molar refractivity (Wildman–Crippen MR) is 53.6 cm³/mol. The predicted octanol–water partition coefficient (Wildman–Crippen LogP) is 1.19. The van der Waals surface area contributed by atoms with E-state index in [1.54, 1.807) is 4.68 Å². The molecule has 0 aliphatic rings. The fourth-order valence-electron chi connectivity index (χ4n) is 0.804. The molecule has 1 heterocycles. The molecule has 0 spiro atoms. The summed E-state index contributed by atoms with van der Waals surface area (Å²) in [5.41, 5.74) is 1.65. The molecule has 0 aliphatic heterocycles. The van der Waals surface area contributed by atoms with Gasteiger partial charge >= 0.3 is 0 Å². The van der Waals surface area contributed by atoms with Crippen molar-refractivity contribution in [2.24, 2.45) is 7.05 Å². The molecule has 0 radical (unpaired) electrons. The maximum absolute atomic E-state index is 5.25. The van der Waals surface area contributed by atoms with Crippen molar-refractivity contribution in [3.05, 3.63) is 11.9 Å². The van der Waals surface area contributed by atoms with Crippen molar-refractivity contribution in [2.75, 3.05) is 10.2 Å². The van der Waals surface area contributed by atoms with Gasteiger partial charge in [0.05, 0.1) is 28.6 Å². The molecule has 58 valence electrons. The Morgan fingerprint density at radius 2 is 2.45 bits per heavy atom. The van der Waals surface area contributed by atoms with Crippen molar-refractivity contribution in [3.63, 3.8) is 0 Å². The smallest absolute Gasteiger partial charge is 0.159 e. The summed E-state index contributed by atoms with van der Waals surface area (Å²) >= 11 is 2.16. The molecular weight excluding hydrogens is 253 g/mol. The molecule has 1 aromatic rings. The molecule has 1 aromatic heterocycles. The number of hydrogen-bond donors (Lipinski definition) is 0. The topological polar surface area (TPSA) is 21.1 Å². The van der Waals surface area contributed by atoms with Gasteiger partial charge in [0.15, 0.2) is 5.69 Å². The normalized spacial score (nSPS) is 9.27. The number of anilines is 1. The quantitative estimate of drug-likeness (QED) is 0.430. The third kappa shape index (κ3) is 1.66. The Morgan fingerprint density at radius 3 is 2.82 bits per heavy atom. The van der Waals surface area contributed by atoms with E-state index in [1.165, 1.54) is 0 Å². The van der Waals surface area contributed by atoms with Gasteiger partial charge in [-0.2, -0.15) is 5.10 Å². The van der Waals surface area contributed by atoms with E-state index in [4.69, 9.17) is 6.42 Å². The molecule has 4 heteroatoms. The molecule has 0 saturated carbocycles. The van der Waals surface area contributed by atoms with Crippen LogP contribution >= 0.6 is 22.9 Å². The van der Waals surface area contributed by atoms with E-state index in [1.807, 2.05) is 23.4 Å². The molecule has 0 N–H and O–H groups in total. The van der Waals surface area contributed by atoms with Gasteiger partial charge in [-0.05, 0) is 5.92 Å². The largest absolute Gasteiger partial charge is 0.314 e. The highest BCUT2D eigenvalue weighted by Gasteiger charge is 2.06. The van der Waals surface area contributed by atoms with Crippen LogP contribution in [0.15, 0.2) is 6.20 Å². The van der Waals surface area contributed by atoms with Gasteiger partial charge in [-0.15, -0.1) is 6.42 Å². The fourth-order valence-corrected chi connectivity index (χ4v) is 1.16. The summed E-state index contributed by atoms with van der Waals surface area (Å²) in [6, 6.07) is 0. The third-order valence-electron chi connectivity index (χ3n) is 1.28. The summed E-state index contributed by atoms with van der Waals surface area (Å²) in [5.74, 6) is 2.52. The molecule has 11 heavy (non-hydrogen) atoms. The molecule has 0 bridgehead atoms. The zero-order valence-corrected chi connectivity index (χ0v) is 8.53. The number of aromatic nitrogens is 2. The van der Waals surface area contributed by atoms with Crippen LogP contribution in [0.5, 0.6) is 0 Å². The van der Waals surface area contributed by atoms with E-state index in [0.29, 0.717) is 5.69 Å². The molecule has 0 atom stereocenters. The molecule has 3 nitrogen and oxygen atoms in total. The lowest BCUT2D eigenvalue weighted by atomic mass is 10.4. The molecule has 0 fully saturated rings. The van der Waals surface area contributed by atoms with Crippen molar-refractivity contribution in [2.45, 2.75) is 0 Å². The highest BCUT2D eigenvalue weighted by molar-refractivity contribution is 14.1. The fraction of sp³-hybridized carbons (Fsp3) is 0.286. The molecule has 0 unspecified atom stereocenters. The summed E-state index contributed by atoms with van der Waals surface area (Å²) in [6.45, 7) is 0. The second-order valence-electron chi connectivity index (χ2n) is 2.16. The summed E-state index contributed by atoms with van der Waals surface area (Å²) in [5, 5.41) is 4.08. The summed E-state index contributed by atoms with van der Waals surface area (Å²) in [4.78, 5) is 0. The van der Waals surface area contributed by atoms with Crippen molar-refractivity contribution in [1.82, 2.24) is 9.78 Å². The van der Waals surface area contributed by atoms with Crippen LogP contribution < -0.4 is 3.11 Å². The lowest BCUT2D eigenvalue weighted by Crippen LogP contribution is -1.99. The zero-order chi connectivity index (χ0) is 8.43. The number of terminal acetylenes is 1. The number of hydrogen-bond acceptors (Lipinski definition) is 2. The lowest BCUT2D eigenvalue weighted by molar-refractivity contribution is 0.764. The van der Waals surface area contributed by atoms with Crippen LogP contribution in [0.1, 0.15) is 5.69 Å². The first-order valence-corrected chi connectivity index (χ1v) is 4.01. The molecule has 0 amide bonds. The van der Waals surface area contributed by atoms with Gasteiger partial charge in [0.25, 0.3) is 0 Å². The number of nitrogens with zero attached hydrogens (tertiary/aromatic N) is 3. The second-order valence-corrected chi connectivity index (χ2v) is 3.61. The minimum absolute atomic E-state index is 0.685. The lowest BCUT2D eigenvalue weighted by Gasteiger charge is -2.04. The number of halogens is 1. The van der Waals surface area contributed by atoms with Crippen LogP contribution in [0, 0.1) is 12.3 Å². The van der Waals surface area contributed by atoms with E-state index in [2.05, 4.69) is 33.9 Å². The molecule has 0 saturated heterocycles. The molecule has 0 aliphatic carbocycles. The Bertz CT molecular complexity index is 295. The zero-order valence-electron chi connectivity index (χ0n) is 6.37. The van der Waals surface area contributed by atoms with Gasteiger partial charge in [0, 0.05) is 20.3 Å². The van der Waals surface area contributed by atoms with Gasteiger partial charge < -0.3 is 3.11 Å².